The summed E-state index contributed by atoms with van der Waals surface area (Å²) in [6.07, 6.45) is 0.805. The minimum absolute atomic E-state index is 0.204. The number of hydrogen-bond acceptors (Lipinski definition) is 3. The van der Waals surface area contributed by atoms with Crippen LogP contribution in [0.5, 0.6) is 0 Å². The van der Waals surface area contributed by atoms with Crippen molar-refractivity contribution in [1.82, 2.24) is 10.2 Å². The van der Waals surface area contributed by atoms with Crippen molar-refractivity contribution in [3.05, 3.63) is 0 Å². The Balaban J connectivity index is 2.39. The van der Waals surface area contributed by atoms with E-state index in [1.807, 2.05) is 0 Å². The zero-order valence-electron chi connectivity index (χ0n) is 9.86. The standard InChI is InChI=1S/C11H22N2O2/c1-8(2)13(3)7-9-4-10(11(14)15)6-12-5-9/h8-10,12H,4-7H2,1-3H3,(H,14,15). The summed E-state index contributed by atoms with van der Waals surface area (Å²) in [5.41, 5.74) is 0. The molecule has 2 N–H and O–H groups in total. The summed E-state index contributed by atoms with van der Waals surface area (Å²) in [5.74, 6) is -0.407. The molecule has 0 bridgehead atoms. The predicted molar refractivity (Wildman–Crippen MR) is 59.9 cm³/mol. The van der Waals surface area contributed by atoms with E-state index in [-0.39, 0.29) is 5.92 Å². The fourth-order valence-corrected chi connectivity index (χ4v) is 1.98. The minimum Gasteiger partial charge on any atom is -0.481 e. The van der Waals surface area contributed by atoms with Gasteiger partial charge in [0.15, 0.2) is 0 Å². The van der Waals surface area contributed by atoms with Crippen LogP contribution in [0.15, 0.2) is 0 Å². The molecule has 1 aliphatic rings. The highest BCUT2D eigenvalue weighted by molar-refractivity contribution is 5.70. The van der Waals surface area contributed by atoms with Gasteiger partial charge in [0.2, 0.25) is 0 Å². The van der Waals surface area contributed by atoms with Gasteiger partial charge in [-0.05, 0) is 39.8 Å². The van der Waals surface area contributed by atoms with E-state index in [2.05, 4.69) is 31.1 Å². The Kier molecular flexibility index (Phi) is 4.54. The van der Waals surface area contributed by atoms with Gasteiger partial charge in [-0.2, -0.15) is 0 Å². The molecular weight excluding hydrogens is 192 g/mol. The molecule has 1 saturated heterocycles. The molecule has 1 heterocycles. The van der Waals surface area contributed by atoms with Gasteiger partial charge >= 0.3 is 5.97 Å². The van der Waals surface area contributed by atoms with Crippen molar-refractivity contribution in [3.63, 3.8) is 0 Å². The molecule has 0 aliphatic carbocycles. The molecule has 1 aliphatic heterocycles. The van der Waals surface area contributed by atoms with Crippen molar-refractivity contribution in [2.24, 2.45) is 11.8 Å². The maximum absolute atomic E-state index is 10.9. The lowest BCUT2D eigenvalue weighted by molar-refractivity contribution is -0.142. The van der Waals surface area contributed by atoms with E-state index in [0.717, 1.165) is 19.5 Å². The molecule has 0 aromatic heterocycles. The van der Waals surface area contributed by atoms with Crippen LogP contribution in [0.2, 0.25) is 0 Å². The summed E-state index contributed by atoms with van der Waals surface area (Å²) in [6, 6.07) is 0.523. The molecule has 0 aromatic carbocycles. The molecule has 0 aromatic rings. The predicted octanol–water partition coefficient (Wildman–Crippen LogP) is 0.637. The Morgan fingerprint density at radius 2 is 2.20 bits per heavy atom. The van der Waals surface area contributed by atoms with E-state index in [0.29, 0.717) is 18.5 Å². The van der Waals surface area contributed by atoms with E-state index in [4.69, 9.17) is 5.11 Å². The number of aliphatic carboxylic acids is 1. The Bertz CT molecular complexity index is 219. The topological polar surface area (TPSA) is 52.6 Å². The van der Waals surface area contributed by atoms with Crippen LogP contribution in [0.1, 0.15) is 20.3 Å². The summed E-state index contributed by atoms with van der Waals surface area (Å²) in [5, 5.41) is 12.1. The largest absolute Gasteiger partial charge is 0.481 e. The average Bonchev–Trinajstić information content (AvgIpc) is 2.18. The van der Waals surface area contributed by atoms with Crippen LogP contribution in [0, 0.1) is 11.8 Å². The molecule has 0 saturated carbocycles. The highest BCUT2D eigenvalue weighted by Gasteiger charge is 2.27. The molecule has 1 rings (SSSR count). The first-order chi connectivity index (χ1) is 7.00. The smallest absolute Gasteiger partial charge is 0.307 e. The van der Waals surface area contributed by atoms with E-state index in [1.54, 1.807) is 0 Å². The van der Waals surface area contributed by atoms with Crippen molar-refractivity contribution in [1.29, 1.82) is 0 Å². The SMILES string of the molecule is CC(C)N(C)CC1CNCC(C(=O)O)C1. The molecule has 4 heteroatoms. The quantitative estimate of drug-likeness (QED) is 0.721. The van der Waals surface area contributed by atoms with Gasteiger partial charge in [0, 0.05) is 19.1 Å². The third-order valence-electron chi connectivity index (χ3n) is 3.22. The molecule has 4 nitrogen and oxygen atoms in total. The van der Waals surface area contributed by atoms with Gasteiger partial charge in [-0.3, -0.25) is 4.79 Å². The fourth-order valence-electron chi connectivity index (χ4n) is 1.98. The first-order valence-electron chi connectivity index (χ1n) is 5.64. The Morgan fingerprint density at radius 1 is 1.53 bits per heavy atom. The third-order valence-corrected chi connectivity index (χ3v) is 3.22. The van der Waals surface area contributed by atoms with Crippen LogP contribution >= 0.6 is 0 Å². The lowest BCUT2D eigenvalue weighted by Crippen LogP contribution is -2.44. The average molecular weight is 214 g/mol. The van der Waals surface area contributed by atoms with E-state index in [1.165, 1.54) is 0 Å². The normalized spacial score (nSPS) is 27.3. The molecule has 0 radical (unpaired) electrons. The second-order valence-corrected chi connectivity index (χ2v) is 4.83. The number of carbonyl (C=O) groups is 1. The zero-order chi connectivity index (χ0) is 11.4. The van der Waals surface area contributed by atoms with Gasteiger partial charge in [0.05, 0.1) is 5.92 Å². The monoisotopic (exact) mass is 214 g/mol. The first kappa shape index (κ1) is 12.5. The number of carboxylic acid groups (broad SMARTS) is 1. The Hall–Kier alpha value is -0.610. The summed E-state index contributed by atoms with van der Waals surface area (Å²) in [4.78, 5) is 13.1. The van der Waals surface area contributed by atoms with Crippen molar-refractivity contribution >= 4 is 5.97 Å². The van der Waals surface area contributed by atoms with E-state index >= 15 is 0 Å². The van der Waals surface area contributed by atoms with Crippen LogP contribution < -0.4 is 5.32 Å². The number of piperidine rings is 1. The number of carboxylic acids is 1. The molecule has 0 spiro atoms. The number of nitrogens with one attached hydrogen (secondary N) is 1. The van der Waals surface area contributed by atoms with Gasteiger partial charge in [-0.25, -0.2) is 0 Å². The second-order valence-electron chi connectivity index (χ2n) is 4.83. The van der Waals surface area contributed by atoms with Crippen molar-refractivity contribution in [3.8, 4) is 0 Å². The summed E-state index contributed by atoms with van der Waals surface area (Å²) >= 11 is 0. The molecule has 2 unspecified atom stereocenters. The Labute approximate surface area is 91.6 Å². The molecule has 1 fully saturated rings. The highest BCUT2D eigenvalue weighted by Crippen LogP contribution is 2.18. The number of hydrogen-bond donors (Lipinski definition) is 2. The number of rotatable bonds is 4. The van der Waals surface area contributed by atoms with Gasteiger partial charge in [0.25, 0.3) is 0 Å². The lowest BCUT2D eigenvalue weighted by Gasteiger charge is -2.32. The fraction of sp³-hybridized carbons (Fsp3) is 0.909. The molecule has 0 amide bonds. The van der Waals surface area contributed by atoms with Crippen LogP contribution in [0.25, 0.3) is 0 Å². The van der Waals surface area contributed by atoms with Crippen molar-refractivity contribution < 1.29 is 9.90 Å². The van der Waals surface area contributed by atoms with Gasteiger partial charge in [0.1, 0.15) is 0 Å². The second kappa shape index (κ2) is 5.47. The molecule has 88 valence electrons. The van der Waals surface area contributed by atoms with Crippen LogP contribution in [0.4, 0.5) is 0 Å². The van der Waals surface area contributed by atoms with Crippen LogP contribution in [-0.4, -0.2) is 48.7 Å². The maximum Gasteiger partial charge on any atom is 0.307 e. The number of nitrogens with zero attached hydrogens (tertiary/aromatic N) is 1. The van der Waals surface area contributed by atoms with Crippen molar-refractivity contribution in [2.45, 2.75) is 26.3 Å². The maximum atomic E-state index is 10.9. The Morgan fingerprint density at radius 3 is 2.73 bits per heavy atom. The van der Waals surface area contributed by atoms with Gasteiger partial charge < -0.3 is 15.3 Å². The van der Waals surface area contributed by atoms with E-state index in [9.17, 15) is 4.79 Å². The lowest BCUT2D eigenvalue weighted by atomic mass is 9.90. The molecule has 2 atom stereocenters. The van der Waals surface area contributed by atoms with Crippen molar-refractivity contribution in [2.75, 3.05) is 26.7 Å². The van der Waals surface area contributed by atoms with Gasteiger partial charge in [-0.1, -0.05) is 0 Å². The van der Waals surface area contributed by atoms with Gasteiger partial charge in [-0.15, -0.1) is 0 Å². The third kappa shape index (κ3) is 3.80. The molecule has 15 heavy (non-hydrogen) atoms. The summed E-state index contributed by atoms with van der Waals surface area (Å²) in [7, 11) is 2.09. The summed E-state index contributed by atoms with van der Waals surface area (Å²) in [6.45, 7) is 6.86. The molecular formula is C11H22N2O2. The minimum atomic E-state index is -0.667. The highest BCUT2D eigenvalue weighted by atomic mass is 16.4. The van der Waals surface area contributed by atoms with Crippen LogP contribution in [0.3, 0.4) is 0 Å². The first-order valence-corrected chi connectivity index (χ1v) is 5.64. The zero-order valence-corrected chi connectivity index (χ0v) is 9.86. The van der Waals surface area contributed by atoms with Crippen LogP contribution in [-0.2, 0) is 4.79 Å². The van der Waals surface area contributed by atoms with E-state index < -0.39 is 5.97 Å². The summed E-state index contributed by atoms with van der Waals surface area (Å²) < 4.78 is 0.